The Kier molecular flexibility index (Phi) is 4.90. The number of halogens is 3. The van der Waals surface area contributed by atoms with Gasteiger partial charge >= 0.3 is 0 Å². The van der Waals surface area contributed by atoms with Crippen molar-refractivity contribution in [2.24, 2.45) is 0 Å². The third-order valence-corrected chi connectivity index (χ3v) is 5.44. The summed E-state index contributed by atoms with van der Waals surface area (Å²) < 4.78 is 66.4. The van der Waals surface area contributed by atoms with Crippen LogP contribution in [0.2, 0.25) is 0 Å². The van der Waals surface area contributed by atoms with Crippen LogP contribution in [0.3, 0.4) is 0 Å². The van der Waals surface area contributed by atoms with Gasteiger partial charge in [-0.3, -0.25) is 9.52 Å². The number of benzene rings is 2. The number of hydrogen-bond acceptors (Lipinski definition) is 3. The molecule has 1 heterocycles. The molecule has 1 amide bonds. The van der Waals surface area contributed by atoms with Crippen LogP contribution in [0, 0.1) is 17.5 Å². The number of amides is 1. The summed E-state index contributed by atoms with van der Waals surface area (Å²) in [4.78, 5) is 13.3. The molecule has 0 aromatic heterocycles. The van der Waals surface area contributed by atoms with Crippen LogP contribution in [0.25, 0.3) is 0 Å². The van der Waals surface area contributed by atoms with Crippen LogP contribution in [-0.4, -0.2) is 20.9 Å². The maximum absolute atomic E-state index is 13.7. The van der Waals surface area contributed by atoms with Gasteiger partial charge in [0.05, 0.1) is 10.6 Å². The Balaban J connectivity index is 1.84. The van der Waals surface area contributed by atoms with E-state index >= 15 is 0 Å². The molecule has 1 saturated heterocycles. The molecule has 0 radical (unpaired) electrons. The standard InChI is InChI=1S/C17H15F3N2O3S/c18-13-8-9-14(17(20)16(13)19)21-26(24,25)12-6-4-11(5-7-12)22-10-2-1-3-15(22)23/h4-9,21H,1-3,10H2. The number of hydrogen-bond donors (Lipinski definition) is 1. The minimum atomic E-state index is -4.21. The first-order chi connectivity index (χ1) is 12.3. The molecule has 138 valence electrons. The Morgan fingerprint density at radius 1 is 0.923 bits per heavy atom. The first kappa shape index (κ1) is 18.2. The predicted molar refractivity (Wildman–Crippen MR) is 89.8 cm³/mol. The largest absolute Gasteiger partial charge is 0.312 e. The fourth-order valence-corrected chi connectivity index (χ4v) is 3.75. The number of nitrogens with zero attached hydrogens (tertiary/aromatic N) is 1. The summed E-state index contributed by atoms with van der Waals surface area (Å²) in [5, 5.41) is 0. The maximum atomic E-state index is 13.7. The number of sulfonamides is 1. The average Bonchev–Trinajstić information content (AvgIpc) is 2.63. The number of piperidine rings is 1. The first-order valence-corrected chi connectivity index (χ1v) is 9.34. The van der Waals surface area contributed by atoms with Crippen LogP contribution in [0.5, 0.6) is 0 Å². The highest BCUT2D eigenvalue weighted by Crippen LogP contribution is 2.25. The van der Waals surface area contributed by atoms with E-state index in [1.54, 1.807) is 4.90 Å². The third kappa shape index (κ3) is 3.52. The van der Waals surface area contributed by atoms with Crippen molar-refractivity contribution in [1.82, 2.24) is 0 Å². The molecular weight excluding hydrogens is 369 g/mol. The quantitative estimate of drug-likeness (QED) is 0.822. The average molecular weight is 384 g/mol. The van der Waals surface area contributed by atoms with E-state index < -0.39 is 33.2 Å². The predicted octanol–water partition coefficient (Wildman–Crippen LogP) is 3.42. The summed E-state index contributed by atoms with van der Waals surface area (Å²) in [5.74, 6) is -4.83. The van der Waals surface area contributed by atoms with Crippen LogP contribution in [0.15, 0.2) is 41.3 Å². The summed E-state index contributed by atoms with van der Waals surface area (Å²) in [6, 6.07) is 6.89. The van der Waals surface area contributed by atoms with E-state index in [2.05, 4.69) is 0 Å². The molecule has 5 nitrogen and oxygen atoms in total. The van der Waals surface area contributed by atoms with Crippen molar-refractivity contribution in [3.05, 3.63) is 53.8 Å². The van der Waals surface area contributed by atoms with Gasteiger partial charge in [-0.15, -0.1) is 0 Å². The number of nitrogens with one attached hydrogen (secondary N) is 1. The molecule has 1 aliphatic heterocycles. The van der Waals surface area contributed by atoms with Gasteiger partial charge in [-0.25, -0.2) is 21.6 Å². The second-order valence-corrected chi connectivity index (χ2v) is 7.51. The van der Waals surface area contributed by atoms with Crippen molar-refractivity contribution in [3.63, 3.8) is 0 Å². The zero-order valence-electron chi connectivity index (χ0n) is 13.5. The Labute approximate surface area is 148 Å². The summed E-state index contributed by atoms with van der Waals surface area (Å²) >= 11 is 0. The Morgan fingerprint density at radius 3 is 2.27 bits per heavy atom. The number of carbonyl (C=O) groups excluding carboxylic acids is 1. The summed E-state index contributed by atoms with van der Waals surface area (Å²) in [5.41, 5.74) is -0.133. The molecule has 2 aromatic rings. The van der Waals surface area contributed by atoms with Gasteiger partial charge in [-0.05, 0) is 49.2 Å². The van der Waals surface area contributed by atoms with E-state index in [-0.39, 0.29) is 10.8 Å². The van der Waals surface area contributed by atoms with E-state index in [0.29, 0.717) is 24.7 Å². The zero-order valence-corrected chi connectivity index (χ0v) is 14.3. The molecule has 2 aromatic carbocycles. The number of rotatable bonds is 4. The first-order valence-electron chi connectivity index (χ1n) is 7.86. The van der Waals surface area contributed by atoms with Gasteiger partial charge in [0.15, 0.2) is 17.5 Å². The molecule has 0 aliphatic carbocycles. The summed E-state index contributed by atoms with van der Waals surface area (Å²) in [7, 11) is -4.21. The molecule has 0 bridgehead atoms. The second kappa shape index (κ2) is 6.99. The molecule has 1 fully saturated rings. The van der Waals surface area contributed by atoms with Crippen LogP contribution < -0.4 is 9.62 Å². The smallest absolute Gasteiger partial charge is 0.261 e. The minimum Gasteiger partial charge on any atom is -0.312 e. The van der Waals surface area contributed by atoms with Crippen molar-refractivity contribution < 1.29 is 26.4 Å². The summed E-state index contributed by atoms with van der Waals surface area (Å²) in [6.07, 6.45) is 2.13. The third-order valence-electron chi connectivity index (χ3n) is 4.06. The van der Waals surface area contributed by atoms with Crippen LogP contribution >= 0.6 is 0 Å². The number of anilines is 2. The lowest BCUT2D eigenvalue weighted by Crippen LogP contribution is -2.35. The molecule has 0 spiro atoms. The maximum Gasteiger partial charge on any atom is 0.261 e. The van der Waals surface area contributed by atoms with E-state index in [1.165, 1.54) is 24.3 Å². The lowest BCUT2D eigenvalue weighted by Gasteiger charge is -2.26. The monoisotopic (exact) mass is 384 g/mol. The van der Waals surface area contributed by atoms with Crippen LogP contribution in [0.1, 0.15) is 19.3 Å². The topological polar surface area (TPSA) is 66.5 Å². The normalized spacial score (nSPS) is 15.2. The molecule has 26 heavy (non-hydrogen) atoms. The minimum absolute atomic E-state index is 0.0335. The molecule has 0 saturated carbocycles. The number of carbonyl (C=O) groups is 1. The van der Waals surface area contributed by atoms with E-state index in [9.17, 15) is 26.4 Å². The Morgan fingerprint density at radius 2 is 1.62 bits per heavy atom. The van der Waals surface area contributed by atoms with Gasteiger partial charge < -0.3 is 4.90 Å². The second-order valence-electron chi connectivity index (χ2n) is 5.82. The molecule has 0 atom stereocenters. The highest BCUT2D eigenvalue weighted by atomic mass is 32.2. The van der Waals surface area contributed by atoms with Gasteiger partial charge in [0.1, 0.15) is 0 Å². The van der Waals surface area contributed by atoms with Crippen molar-refractivity contribution in [2.45, 2.75) is 24.2 Å². The molecular formula is C17H15F3N2O3S. The van der Waals surface area contributed by atoms with Crippen LogP contribution in [-0.2, 0) is 14.8 Å². The van der Waals surface area contributed by atoms with Gasteiger partial charge in [-0.1, -0.05) is 0 Å². The lowest BCUT2D eigenvalue weighted by atomic mass is 10.1. The van der Waals surface area contributed by atoms with Gasteiger partial charge in [0.25, 0.3) is 10.0 Å². The fraction of sp³-hybridized carbons (Fsp3) is 0.235. The van der Waals surface area contributed by atoms with E-state index in [4.69, 9.17) is 0 Å². The van der Waals surface area contributed by atoms with Crippen molar-refractivity contribution >= 4 is 27.3 Å². The van der Waals surface area contributed by atoms with Crippen LogP contribution in [0.4, 0.5) is 24.5 Å². The van der Waals surface area contributed by atoms with Crippen molar-refractivity contribution in [1.29, 1.82) is 0 Å². The molecule has 9 heteroatoms. The Bertz CT molecular complexity index is 946. The van der Waals surface area contributed by atoms with Crippen molar-refractivity contribution in [3.8, 4) is 0 Å². The Hall–Kier alpha value is -2.55. The fourth-order valence-electron chi connectivity index (χ4n) is 2.69. The SMILES string of the molecule is O=C1CCCCN1c1ccc(S(=O)(=O)Nc2ccc(F)c(F)c2F)cc1. The van der Waals surface area contributed by atoms with E-state index in [0.717, 1.165) is 18.9 Å². The highest BCUT2D eigenvalue weighted by molar-refractivity contribution is 7.92. The molecule has 1 aliphatic rings. The van der Waals surface area contributed by atoms with Gasteiger partial charge in [0, 0.05) is 18.7 Å². The lowest BCUT2D eigenvalue weighted by molar-refractivity contribution is -0.119. The summed E-state index contributed by atoms with van der Waals surface area (Å²) in [6.45, 7) is 0.559. The zero-order chi connectivity index (χ0) is 18.9. The van der Waals surface area contributed by atoms with Crippen molar-refractivity contribution in [2.75, 3.05) is 16.2 Å². The molecule has 1 N–H and O–H groups in total. The van der Waals surface area contributed by atoms with E-state index in [1.807, 2.05) is 4.72 Å². The van der Waals surface area contributed by atoms with Gasteiger partial charge in [-0.2, -0.15) is 0 Å². The molecule has 0 unspecified atom stereocenters. The van der Waals surface area contributed by atoms with Gasteiger partial charge in [0.2, 0.25) is 5.91 Å². The molecule has 3 rings (SSSR count). The highest BCUT2D eigenvalue weighted by Gasteiger charge is 2.22.